The number of rotatable bonds is 5. The van der Waals surface area contributed by atoms with Crippen molar-refractivity contribution >= 4 is 33.6 Å². The van der Waals surface area contributed by atoms with E-state index in [-0.39, 0.29) is 10.8 Å². The molecule has 0 aliphatic carbocycles. The fourth-order valence-corrected chi connectivity index (χ4v) is 3.89. The molecule has 144 valence electrons. The Morgan fingerprint density at radius 1 is 1.15 bits per heavy atom. The number of ether oxygens (including phenoxy) is 1. The number of carbonyl (C=O) groups is 2. The molecular formula is C16H22ClN3O5S. The molecule has 0 radical (unpaired) electrons. The van der Waals surface area contributed by atoms with Crippen LogP contribution in [0.5, 0.6) is 0 Å². The molecule has 1 aromatic rings. The number of carbonyl (C=O) groups excluding carboxylic acids is 2. The number of piperazine rings is 1. The van der Waals surface area contributed by atoms with E-state index >= 15 is 0 Å². The van der Waals surface area contributed by atoms with E-state index in [0.717, 1.165) is 0 Å². The summed E-state index contributed by atoms with van der Waals surface area (Å²) in [6.07, 6.45) is -0.406. The van der Waals surface area contributed by atoms with Crippen LogP contribution in [-0.4, -0.2) is 69.0 Å². The third-order valence-corrected chi connectivity index (χ3v) is 5.75. The van der Waals surface area contributed by atoms with E-state index in [1.165, 1.54) is 41.0 Å². The Morgan fingerprint density at radius 3 is 2.23 bits per heavy atom. The summed E-state index contributed by atoms with van der Waals surface area (Å²) in [4.78, 5) is 27.3. The number of sulfonamides is 1. The SMILES string of the molecule is CCOC(=O)N1CCN(C(=O)[C@H](C)NS(=O)(=O)c2ccc(Cl)cc2)CC1. The number of nitrogens with one attached hydrogen (secondary N) is 1. The number of nitrogens with zero attached hydrogens (tertiary/aromatic N) is 2. The Morgan fingerprint density at radius 2 is 1.69 bits per heavy atom. The normalized spacial score (nSPS) is 16.3. The highest BCUT2D eigenvalue weighted by Gasteiger charge is 2.29. The van der Waals surface area contributed by atoms with Crippen molar-refractivity contribution in [2.45, 2.75) is 24.8 Å². The van der Waals surface area contributed by atoms with Gasteiger partial charge in [-0.2, -0.15) is 4.72 Å². The third-order valence-electron chi connectivity index (χ3n) is 3.94. The first-order valence-corrected chi connectivity index (χ1v) is 10.1. The van der Waals surface area contributed by atoms with E-state index in [2.05, 4.69) is 4.72 Å². The summed E-state index contributed by atoms with van der Waals surface area (Å²) in [5.74, 6) is -0.342. The first-order chi connectivity index (χ1) is 12.2. The zero-order valence-corrected chi connectivity index (χ0v) is 16.2. The average molecular weight is 404 g/mol. The van der Waals surface area contributed by atoms with Gasteiger partial charge in [-0.25, -0.2) is 13.2 Å². The smallest absolute Gasteiger partial charge is 0.409 e. The standard InChI is InChI=1S/C16H22ClN3O5S/c1-3-25-16(22)20-10-8-19(9-11-20)15(21)12(2)18-26(23,24)14-6-4-13(17)5-7-14/h4-7,12,18H,3,8-11H2,1-2H3/t12-/m0/s1. The Hall–Kier alpha value is -1.84. The highest BCUT2D eigenvalue weighted by atomic mass is 35.5. The lowest BCUT2D eigenvalue weighted by Gasteiger charge is -2.35. The average Bonchev–Trinajstić information content (AvgIpc) is 2.61. The van der Waals surface area contributed by atoms with Crippen molar-refractivity contribution in [3.63, 3.8) is 0 Å². The number of hydrogen-bond donors (Lipinski definition) is 1. The summed E-state index contributed by atoms with van der Waals surface area (Å²) in [6, 6.07) is 4.76. The van der Waals surface area contributed by atoms with E-state index in [0.29, 0.717) is 37.8 Å². The van der Waals surface area contributed by atoms with Crippen LogP contribution in [0.15, 0.2) is 29.2 Å². The summed E-state index contributed by atoms with van der Waals surface area (Å²) in [7, 11) is -3.83. The van der Waals surface area contributed by atoms with E-state index in [1.807, 2.05) is 0 Å². The van der Waals surface area contributed by atoms with Gasteiger partial charge in [0.05, 0.1) is 17.5 Å². The molecule has 0 saturated carbocycles. The highest BCUT2D eigenvalue weighted by Crippen LogP contribution is 2.15. The molecule has 0 bridgehead atoms. The third kappa shape index (κ3) is 5.09. The summed E-state index contributed by atoms with van der Waals surface area (Å²) < 4.78 is 32.0. The van der Waals surface area contributed by atoms with Gasteiger partial charge in [0, 0.05) is 31.2 Å². The van der Waals surface area contributed by atoms with Gasteiger partial charge < -0.3 is 14.5 Å². The minimum atomic E-state index is -3.83. The van der Waals surface area contributed by atoms with Gasteiger partial charge in [-0.05, 0) is 38.1 Å². The molecule has 0 spiro atoms. The van der Waals surface area contributed by atoms with Gasteiger partial charge >= 0.3 is 6.09 Å². The molecule has 1 fully saturated rings. The Labute approximate surface area is 158 Å². The quantitative estimate of drug-likeness (QED) is 0.799. The Kier molecular flexibility index (Phi) is 6.85. The van der Waals surface area contributed by atoms with E-state index in [9.17, 15) is 18.0 Å². The highest BCUT2D eigenvalue weighted by molar-refractivity contribution is 7.89. The summed E-state index contributed by atoms with van der Waals surface area (Å²) >= 11 is 5.76. The molecule has 2 rings (SSSR count). The van der Waals surface area contributed by atoms with E-state index < -0.39 is 22.2 Å². The molecule has 1 saturated heterocycles. The maximum atomic E-state index is 12.5. The zero-order chi connectivity index (χ0) is 19.3. The largest absolute Gasteiger partial charge is 0.450 e. The molecule has 26 heavy (non-hydrogen) atoms. The summed E-state index contributed by atoms with van der Waals surface area (Å²) in [5, 5.41) is 0.424. The van der Waals surface area contributed by atoms with Crippen molar-refractivity contribution in [3.8, 4) is 0 Å². The van der Waals surface area contributed by atoms with Crippen molar-refractivity contribution in [1.29, 1.82) is 0 Å². The van der Waals surface area contributed by atoms with Gasteiger partial charge in [0.15, 0.2) is 0 Å². The van der Waals surface area contributed by atoms with Crippen LogP contribution in [0.3, 0.4) is 0 Å². The zero-order valence-electron chi connectivity index (χ0n) is 14.6. The molecule has 1 atom stereocenters. The molecule has 1 aliphatic rings. The van der Waals surface area contributed by atoms with Crippen LogP contribution in [0.2, 0.25) is 5.02 Å². The van der Waals surface area contributed by atoms with Crippen molar-refractivity contribution in [1.82, 2.24) is 14.5 Å². The fourth-order valence-electron chi connectivity index (χ4n) is 2.56. The predicted octanol–water partition coefficient (Wildman–Crippen LogP) is 1.31. The second-order valence-corrected chi connectivity index (χ2v) is 7.96. The second-order valence-electron chi connectivity index (χ2n) is 5.81. The second kappa shape index (κ2) is 8.70. The van der Waals surface area contributed by atoms with Crippen molar-refractivity contribution in [3.05, 3.63) is 29.3 Å². The molecule has 1 aromatic carbocycles. The van der Waals surface area contributed by atoms with Crippen LogP contribution in [0.1, 0.15) is 13.8 Å². The summed E-state index contributed by atoms with van der Waals surface area (Å²) in [6.45, 7) is 4.86. The van der Waals surface area contributed by atoms with Crippen molar-refractivity contribution in [2.24, 2.45) is 0 Å². The van der Waals surface area contributed by atoms with Gasteiger partial charge in [0.1, 0.15) is 0 Å². The molecule has 8 nitrogen and oxygen atoms in total. The fraction of sp³-hybridized carbons (Fsp3) is 0.500. The van der Waals surface area contributed by atoms with Crippen molar-refractivity contribution < 1.29 is 22.7 Å². The van der Waals surface area contributed by atoms with Gasteiger partial charge in [-0.1, -0.05) is 11.6 Å². The van der Waals surface area contributed by atoms with Crippen LogP contribution in [0.4, 0.5) is 4.79 Å². The molecule has 1 heterocycles. The van der Waals surface area contributed by atoms with Crippen molar-refractivity contribution in [2.75, 3.05) is 32.8 Å². The molecule has 10 heteroatoms. The molecule has 0 aromatic heterocycles. The number of hydrogen-bond acceptors (Lipinski definition) is 5. The lowest BCUT2D eigenvalue weighted by atomic mass is 10.2. The Balaban J connectivity index is 1.93. The lowest BCUT2D eigenvalue weighted by Crippen LogP contribution is -2.55. The van der Waals surface area contributed by atoms with Crippen LogP contribution in [-0.2, 0) is 19.6 Å². The Bertz CT molecular complexity index is 746. The summed E-state index contributed by atoms with van der Waals surface area (Å²) in [5.41, 5.74) is 0. The first-order valence-electron chi connectivity index (χ1n) is 8.23. The van der Waals surface area contributed by atoms with E-state index in [4.69, 9.17) is 16.3 Å². The molecule has 1 N–H and O–H groups in total. The van der Waals surface area contributed by atoms with Crippen LogP contribution in [0, 0.1) is 0 Å². The maximum Gasteiger partial charge on any atom is 0.409 e. The van der Waals surface area contributed by atoms with Crippen LogP contribution >= 0.6 is 11.6 Å². The molecular weight excluding hydrogens is 382 g/mol. The number of amides is 2. The molecule has 1 aliphatic heterocycles. The van der Waals surface area contributed by atoms with Crippen LogP contribution in [0.25, 0.3) is 0 Å². The maximum absolute atomic E-state index is 12.5. The minimum Gasteiger partial charge on any atom is -0.450 e. The van der Waals surface area contributed by atoms with Crippen LogP contribution < -0.4 is 4.72 Å². The first kappa shape index (κ1) is 20.5. The van der Waals surface area contributed by atoms with Gasteiger partial charge in [0.2, 0.25) is 15.9 Å². The van der Waals surface area contributed by atoms with Gasteiger partial charge in [0.25, 0.3) is 0 Å². The lowest BCUT2D eigenvalue weighted by molar-refractivity contribution is -0.134. The molecule has 2 amide bonds. The minimum absolute atomic E-state index is 0.0358. The van der Waals surface area contributed by atoms with E-state index in [1.54, 1.807) is 6.92 Å². The number of benzene rings is 1. The van der Waals surface area contributed by atoms with Gasteiger partial charge in [-0.3, -0.25) is 4.79 Å². The predicted molar refractivity (Wildman–Crippen MR) is 96.4 cm³/mol. The molecule has 0 unspecified atom stereocenters. The topological polar surface area (TPSA) is 96.0 Å². The van der Waals surface area contributed by atoms with Gasteiger partial charge in [-0.15, -0.1) is 0 Å². The number of halogens is 1. The monoisotopic (exact) mass is 403 g/mol.